The van der Waals surface area contributed by atoms with Crippen molar-refractivity contribution in [3.05, 3.63) is 23.8 Å². The average molecular weight is 323 g/mol. The van der Waals surface area contributed by atoms with Crippen molar-refractivity contribution in [3.63, 3.8) is 0 Å². The van der Waals surface area contributed by atoms with Gasteiger partial charge in [0.05, 0.1) is 27.4 Å². The minimum absolute atomic E-state index is 0.0757. The molecular weight excluding hydrogens is 312 g/mol. The molecule has 3 rings (SSSR count). The highest BCUT2D eigenvalue weighted by molar-refractivity contribution is 7.85. The number of nitrogens with zero attached hydrogens (tertiary/aromatic N) is 2. The zero-order chi connectivity index (χ0) is 15.9. The molecule has 1 fully saturated rings. The first-order chi connectivity index (χ1) is 10.4. The first-order valence-corrected chi connectivity index (χ1v) is 8.07. The minimum Gasteiger partial charge on any atom is -0.748 e. The number of anilines is 1. The number of cyclic esters (lactones) is 1. The van der Waals surface area contributed by atoms with E-state index >= 15 is 0 Å². The molecule has 0 aliphatic carbocycles. The van der Waals surface area contributed by atoms with Crippen molar-refractivity contribution in [2.24, 2.45) is 0 Å². The molecule has 2 heterocycles. The Hall–Kier alpha value is -2.31. The number of rotatable bonds is 3. The standard InChI is InChI=1S/C13H12N2O6S/c14-6-8-1-2-9-12(5-8)20-7-10-11(3-4-22(17,18)19)21-13(16)15(9)10/h1-2,5,10-11H,3-4,7H2,(H,17,18,19)/p-1/t10-,11+/m0/s1. The maximum Gasteiger partial charge on any atom is 0.415 e. The Labute approximate surface area is 126 Å². The van der Waals surface area contributed by atoms with Gasteiger partial charge in [-0.15, -0.1) is 0 Å². The zero-order valence-electron chi connectivity index (χ0n) is 11.3. The number of hydrogen-bond donors (Lipinski definition) is 0. The van der Waals surface area contributed by atoms with Gasteiger partial charge >= 0.3 is 6.09 Å². The first kappa shape index (κ1) is 14.6. The Morgan fingerprint density at radius 2 is 2.23 bits per heavy atom. The van der Waals surface area contributed by atoms with Crippen LogP contribution >= 0.6 is 0 Å². The van der Waals surface area contributed by atoms with E-state index in [-0.39, 0.29) is 13.0 Å². The molecule has 1 aromatic carbocycles. The van der Waals surface area contributed by atoms with E-state index < -0.39 is 34.1 Å². The van der Waals surface area contributed by atoms with E-state index in [9.17, 15) is 17.8 Å². The van der Waals surface area contributed by atoms with Crippen LogP contribution in [-0.2, 0) is 14.9 Å². The molecule has 1 aromatic rings. The lowest BCUT2D eigenvalue weighted by molar-refractivity contribution is 0.119. The van der Waals surface area contributed by atoms with Crippen molar-refractivity contribution in [2.75, 3.05) is 17.3 Å². The molecule has 2 aliphatic heterocycles. The summed E-state index contributed by atoms with van der Waals surface area (Å²) < 4.78 is 42.9. The molecule has 1 amide bonds. The normalized spacial score (nSPS) is 23.1. The van der Waals surface area contributed by atoms with E-state index in [1.54, 1.807) is 12.1 Å². The number of nitriles is 1. The van der Waals surface area contributed by atoms with Gasteiger partial charge in [0.2, 0.25) is 0 Å². The number of amides is 1. The molecule has 0 bridgehead atoms. The predicted molar refractivity (Wildman–Crippen MR) is 72.4 cm³/mol. The fraction of sp³-hybridized carbons (Fsp3) is 0.385. The monoisotopic (exact) mass is 323 g/mol. The molecule has 1 saturated heterocycles. The Morgan fingerprint density at radius 1 is 1.45 bits per heavy atom. The van der Waals surface area contributed by atoms with E-state index in [2.05, 4.69) is 0 Å². The summed E-state index contributed by atoms with van der Waals surface area (Å²) in [6.45, 7) is 0.108. The quantitative estimate of drug-likeness (QED) is 0.746. The molecule has 9 heteroatoms. The molecule has 2 aliphatic rings. The van der Waals surface area contributed by atoms with Crippen molar-refractivity contribution in [3.8, 4) is 11.8 Å². The van der Waals surface area contributed by atoms with Gasteiger partial charge in [-0.1, -0.05) is 0 Å². The van der Waals surface area contributed by atoms with Crippen molar-refractivity contribution in [1.29, 1.82) is 5.26 Å². The van der Waals surface area contributed by atoms with Gasteiger partial charge in [-0.3, -0.25) is 4.90 Å². The van der Waals surface area contributed by atoms with Crippen LogP contribution in [0.5, 0.6) is 5.75 Å². The van der Waals surface area contributed by atoms with E-state index in [0.717, 1.165) is 0 Å². The van der Waals surface area contributed by atoms with Gasteiger partial charge in [0, 0.05) is 11.8 Å². The van der Waals surface area contributed by atoms with E-state index in [1.807, 2.05) is 6.07 Å². The summed E-state index contributed by atoms with van der Waals surface area (Å²) in [4.78, 5) is 13.4. The molecule has 22 heavy (non-hydrogen) atoms. The number of hydrogen-bond acceptors (Lipinski definition) is 7. The Bertz CT molecular complexity index is 769. The second kappa shape index (κ2) is 5.15. The summed E-state index contributed by atoms with van der Waals surface area (Å²) in [5.74, 6) is -0.209. The minimum atomic E-state index is -4.37. The van der Waals surface area contributed by atoms with Crippen LogP contribution in [0.2, 0.25) is 0 Å². The zero-order valence-corrected chi connectivity index (χ0v) is 12.1. The molecule has 0 N–H and O–H groups in total. The predicted octanol–water partition coefficient (Wildman–Crippen LogP) is 0.580. The van der Waals surface area contributed by atoms with Crippen LogP contribution in [0.1, 0.15) is 12.0 Å². The maximum atomic E-state index is 12.0. The van der Waals surface area contributed by atoms with Crippen molar-refractivity contribution in [2.45, 2.75) is 18.6 Å². The molecule has 2 atom stereocenters. The second-order valence-electron chi connectivity index (χ2n) is 5.02. The van der Waals surface area contributed by atoms with Crippen molar-refractivity contribution < 1.29 is 27.2 Å². The third-order valence-electron chi connectivity index (χ3n) is 3.62. The summed E-state index contributed by atoms with van der Waals surface area (Å²) in [6.07, 6.45) is -1.42. The average Bonchev–Trinajstić information content (AvgIpc) is 2.80. The molecule has 0 spiro atoms. The first-order valence-electron chi connectivity index (χ1n) is 6.49. The van der Waals surface area contributed by atoms with E-state index in [1.165, 1.54) is 11.0 Å². The highest BCUT2D eigenvalue weighted by Gasteiger charge is 2.46. The van der Waals surface area contributed by atoms with Gasteiger partial charge in [0.15, 0.2) is 0 Å². The van der Waals surface area contributed by atoms with Gasteiger partial charge in [0.1, 0.15) is 24.5 Å². The highest BCUT2D eigenvalue weighted by Crippen LogP contribution is 2.39. The summed E-state index contributed by atoms with van der Waals surface area (Å²) in [6, 6.07) is 6.13. The van der Waals surface area contributed by atoms with Gasteiger partial charge in [-0.05, 0) is 18.6 Å². The lowest BCUT2D eigenvalue weighted by atomic mass is 10.1. The molecule has 0 saturated carbocycles. The van der Waals surface area contributed by atoms with Crippen molar-refractivity contribution in [1.82, 2.24) is 0 Å². The third kappa shape index (κ3) is 2.58. The smallest absolute Gasteiger partial charge is 0.415 e. The summed E-state index contributed by atoms with van der Waals surface area (Å²) >= 11 is 0. The van der Waals surface area contributed by atoms with Gasteiger partial charge in [-0.25, -0.2) is 13.2 Å². The van der Waals surface area contributed by atoms with Gasteiger partial charge < -0.3 is 14.0 Å². The molecule has 116 valence electrons. The number of fused-ring (bicyclic) bond motifs is 3. The fourth-order valence-corrected chi connectivity index (χ4v) is 3.13. The number of ether oxygens (including phenoxy) is 2. The van der Waals surface area contributed by atoms with Crippen LogP contribution < -0.4 is 9.64 Å². The molecule has 0 unspecified atom stereocenters. The molecular formula is C13H11N2O6S-. The third-order valence-corrected chi connectivity index (χ3v) is 4.36. The summed E-state index contributed by atoms with van der Waals surface area (Å²) in [5.41, 5.74) is 0.867. The van der Waals surface area contributed by atoms with Crippen LogP contribution in [-0.4, -0.2) is 43.6 Å². The largest absolute Gasteiger partial charge is 0.748 e. The highest BCUT2D eigenvalue weighted by atomic mass is 32.2. The number of benzene rings is 1. The van der Waals surface area contributed by atoms with E-state index in [0.29, 0.717) is 17.0 Å². The number of carbonyl (C=O) groups excluding carboxylic acids is 1. The van der Waals surface area contributed by atoms with Crippen LogP contribution in [0, 0.1) is 11.3 Å². The van der Waals surface area contributed by atoms with E-state index in [4.69, 9.17) is 14.7 Å². The number of carbonyl (C=O) groups is 1. The molecule has 0 radical (unpaired) electrons. The maximum absolute atomic E-state index is 12.0. The Kier molecular flexibility index (Phi) is 3.42. The van der Waals surface area contributed by atoms with Crippen LogP contribution in [0.3, 0.4) is 0 Å². The van der Waals surface area contributed by atoms with Gasteiger partial charge in [0.25, 0.3) is 0 Å². The Balaban J connectivity index is 1.86. The topological polar surface area (TPSA) is 120 Å². The van der Waals surface area contributed by atoms with Crippen LogP contribution in [0.15, 0.2) is 18.2 Å². The van der Waals surface area contributed by atoms with Gasteiger partial charge in [-0.2, -0.15) is 5.26 Å². The lowest BCUT2D eigenvalue weighted by Gasteiger charge is -2.31. The second-order valence-corrected chi connectivity index (χ2v) is 6.54. The van der Waals surface area contributed by atoms with Crippen molar-refractivity contribution >= 4 is 21.9 Å². The fourth-order valence-electron chi connectivity index (χ4n) is 2.61. The molecule has 0 aromatic heterocycles. The molecule has 8 nitrogen and oxygen atoms in total. The lowest BCUT2D eigenvalue weighted by Crippen LogP contribution is -2.44. The van der Waals surface area contributed by atoms with Crippen LogP contribution in [0.25, 0.3) is 0 Å². The van der Waals surface area contributed by atoms with Crippen LogP contribution in [0.4, 0.5) is 10.5 Å². The summed E-state index contributed by atoms with van der Waals surface area (Å²) in [5, 5.41) is 8.87. The summed E-state index contributed by atoms with van der Waals surface area (Å²) in [7, 11) is -4.37. The Morgan fingerprint density at radius 3 is 2.91 bits per heavy atom. The SMILES string of the molecule is N#Cc1ccc2c(c1)OC[C@H]1[C@@H](CCS(=O)(=O)[O-])OC(=O)N21.